The van der Waals surface area contributed by atoms with Crippen molar-refractivity contribution in [1.29, 1.82) is 0 Å². The number of hydrogen-bond acceptors (Lipinski definition) is 2. The number of rotatable bonds is 2. The summed E-state index contributed by atoms with van der Waals surface area (Å²) in [6, 6.07) is 32.0. The van der Waals surface area contributed by atoms with E-state index in [1.807, 2.05) is 60.9 Å². The number of pyridine rings is 1. The number of aryl methyl sites for hydroxylation is 2. The molecule has 0 saturated carbocycles. The van der Waals surface area contributed by atoms with Crippen LogP contribution in [0, 0.1) is 18.7 Å². The Morgan fingerprint density at radius 3 is 2.62 bits per heavy atom. The van der Waals surface area contributed by atoms with Crippen LogP contribution in [0.5, 0.6) is 0 Å². The van der Waals surface area contributed by atoms with Gasteiger partial charge in [0.1, 0.15) is 5.69 Å². The van der Waals surface area contributed by atoms with Crippen molar-refractivity contribution in [1.82, 2.24) is 14.5 Å². The van der Waals surface area contributed by atoms with E-state index in [9.17, 15) is 0 Å². The molecule has 0 saturated heterocycles. The van der Waals surface area contributed by atoms with E-state index in [0.717, 1.165) is 41.2 Å². The standard InChI is InChI=1S/C18H11N2.C11H9N2.Ir/c1-19-16-10-5-9-15(13-16)18-17(11-6-12-20-18)14-7-3-2-4-8-14;1-2-4-10-9(3-1)5-7-13-8-6-12-11(10)13;/h2-8,10-13H;1-3,6,8H,5,7H2;/q2*-1;. The van der Waals surface area contributed by atoms with Crippen molar-refractivity contribution in [2.24, 2.45) is 0 Å². The molecule has 1 aliphatic rings. The second-order valence-corrected chi connectivity index (χ2v) is 7.60. The molecule has 0 unspecified atom stereocenters. The molecular weight excluding hydrogens is 597 g/mol. The van der Waals surface area contributed by atoms with Gasteiger partial charge in [0, 0.05) is 45.2 Å². The second kappa shape index (κ2) is 10.9. The van der Waals surface area contributed by atoms with Crippen molar-refractivity contribution in [3.8, 4) is 33.8 Å². The third-order valence-electron chi connectivity index (χ3n) is 5.57. The van der Waals surface area contributed by atoms with E-state index in [4.69, 9.17) is 6.57 Å². The SMILES string of the molecule is [C-]#[N+]c1cc[c-]c(-c2ncccc2-c2ccccc2)c1.[Ir].[c-]1cccc2c1-c1nccn1CC2. The van der Waals surface area contributed by atoms with Crippen molar-refractivity contribution in [2.75, 3.05) is 0 Å². The quantitative estimate of drug-likeness (QED) is 0.208. The van der Waals surface area contributed by atoms with Gasteiger partial charge in [0.15, 0.2) is 0 Å². The van der Waals surface area contributed by atoms with E-state index in [0.29, 0.717) is 5.69 Å². The number of benzene rings is 3. The summed E-state index contributed by atoms with van der Waals surface area (Å²) in [5.41, 5.74) is 6.98. The maximum atomic E-state index is 7.11. The molecule has 0 bridgehead atoms. The fourth-order valence-electron chi connectivity index (χ4n) is 3.98. The molecule has 3 heterocycles. The van der Waals surface area contributed by atoms with Crippen LogP contribution < -0.4 is 0 Å². The number of aromatic nitrogens is 3. The molecular formula is C29H20IrN4-2. The van der Waals surface area contributed by atoms with Gasteiger partial charge in [-0.25, -0.2) is 0 Å². The monoisotopic (exact) mass is 617 g/mol. The molecule has 2 aromatic heterocycles. The zero-order chi connectivity index (χ0) is 22.5. The van der Waals surface area contributed by atoms with Crippen molar-refractivity contribution in [3.05, 3.63) is 127 Å². The maximum Gasteiger partial charge on any atom is 0.108 e. The second-order valence-electron chi connectivity index (χ2n) is 7.60. The Hall–Kier alpha value is -3.84. The average Bonchev–Trinajstić information content (AvgIpc) is 3.39. The van der Waals surface area contributed by atoms with Gasteiger partial charge in [-0.2, -0.15) is 6.07 Å². The molecule has 0 aliphatic carbocycles. The van der Waals surface area contributed by atoms with Gasteiger partial charge in [-0.05, 0) is 29.3 Å². The number of fused-ring (bicyclic) bond motifs is 3. The molecule has 5 aromatic rings. The molecule has 0 fully saturated rings. The average molecular weight is 617 g/mol. The minimum Gasteiger partial charge on any atom is -0.371 e. The van der Waals surface area contributed by atoms with Gasteiger partial charge in [0.05, 0.1) is 12.4 Å². The summed E-state index contributed by atoms with van der Waals surface area (Å²) in [6.45, 7) is 8.15. The van der Waals surface area contributed by atoms with Gasteiger partial charge in [-0.1, -0.05) is 36.4 Å². The molecule has 0 N–H and O–H groups in total. The molecule has 6 rings (SSSR count). The minimum atomic E-state index is 0. The van der Waals surface area contributed by atoms with Gasteiger partial charge >= 0.3 is 0 Å². The fourth-order valence-corrected chi connectivity index (χ4v) is 3.98. The predicted octanol–water partition coefficient (Wildman–Crippen LogP) is 6.67. The van der Waals surface area contributed by atoms with Gasteiger partial charge in [-0.3, -0.25) is 9.83 Å². The van der Waals surface area contributed by atoms with Crippen molar-refractivity contribution in [2.45, 2.75) is 13.0 Å². The van der Waals surface area contributed by atoms with Crippen molar-refractivity contribution in [3.63, 3.8) is 0 Å². The first kappa shape index (κ1) is 23.3. The van der Waals surface area contributed by atoms with E-state index < -0.39 is 0 Å². The molecule has 0 atom stereocenters. The summed E-state index contributed by atoms with van der Waals surface area (Å²) >= 11 is 0. The topological polar surface area (TPSA) is 35.1 Å². The summed E-state index contributed by atoms with van der Waals surface area (Å²) in [6.07, 6.45) is 6.74. The number of hydrogen-bond donors (Lipinski definition) is 0. The van der Waals surface area contributed by atoms with Crippen LogP contribution in [-0.4, -0.2) is 14.5 Å². The first-order valence-electron chi connectivity index (χ1n) is 10.7. The van der Waals surface area contributed by atoms with Crippen LogP contribution in [0.4, 0.5) is 5.69 Å². The third kappa shape index (κ3) is 4.89. The van der Waals surface area contributed by atoms with Gasteiger partial charge in [0.2, 0.25) is 0 Å². The predicted molar refractivity (Wildman–Crippen MR) is 130 cm³/mol. The zero-order valence-electron chi connectivity index (χ0n) is 18.3. The minimum absolute atomic E-state index is 0. The first-order valence-corrected chi connectivity index (χ1v) is 10.7. The largest absolute Gasteiger partial charge is 0.371 e. The Morgan fingerprint density at radius 2 is 1.76 bits per heavy atom. The van der Waals surface area contributed by atoms with Gasteiger partial charge in [0.25, 0.3) is 0 Å². The molecule has 34 heavy (non-hydrogen) atoms. The first-order chi connectivity index (χ1) is 16.3. The van der Waals surface area contributed by atoms with Crippen LogP contribution >= 0.6 is 0 Å². The third-order valence-corrected chi connectivity index (χ3v) is 5.57. The molecule has 3 aromatic carbocycles. The van der Waals surface area contributed by atoms with Gasteiger partial charge < -0.3 is 9.55 Å². The molecule has 0 spiro atoms. The fraction of sp³-hybridized carbons (Fsp3) is 0.0690. The Balaban J connectivity index is 0.000000169. The summed E-state index contributed by atoms with van der Waals surface area (Å²) in [4.78, 5) is 12.3. The number of nitrogens with zero attached hydrogens (tertiary/aromatic N) is 4. The summed E-state index contributed by atoms with van der Waals surface area (Å²) in [5.74, 6) is 1.06. The Labute approximate surface area is 213 Å². The maximum absolute atomic E-state index is 7.11. The molecule has 1 aliphatic heterocycles. The van der Waals surface area contributed by atoms with E-state index in [1.165, 1.54) is 11.1 Å². The molecule has 5 heteroatoms. The number of imidazole rings is 1. The molecule has 167 valence electrons. The molecule has 1 radical (unpaired) electrons. The van der Waals surface area contributed by atoms with Crippen LogP contribution in [0.25, 0.3) is 38.6 Å². The molecule has 4 nitrogen and oxygen atoms in total. The van der Waals surface area contributed by atoms with Crippen LogP contribution in [0.1, 0.15) is 5.56 Å². The van der Waals surface area contributed by atoms with Crippen LogP contribution in [-0.2, 0) is 33.1 Å². The van der Waals surface area contributed by atoms with Crippen LogP contribution in [0.3, 0.4) is 0 Å². The van der Waals surface area contributed by atoms with Crippen LogP contribution in [0.15, 0.2) is 97.5 Å². The van der Waals surface area contributed by atoms with Crippen LogP contribution in [0.2, 0.25) is 0 Å². The normalized spacial score (nSPS) is 11.0. The Bertz CT molecular complexity index is 1430. The summed E-state index contributed by atoms with van der Waals surface area (Å²) < 4.78 is 2.18. The van der Waals surface area contributed by atoms with E-state index in [2.05, 4.69) is 49.7 Å². The summed E-state index contributed by atoms with van der Waals surface area (Å²) in [5, 5.41) is 0. The van der Waals surface area contributed by atoms with Crippen molar-refractivity contribution >= 4 is 5.69 Å². The molecule has 0 amide bonds. The summed E-state index contributed by atoms with van der Waals surface area (Å²) in [7, 11) is 0. The Morgan fingerprint density at radius 1 is 0.882 bits per heavy atom. The van der Waals surface area contributed by atoms with Gasteiger partial charge in [-0.15, -0.1) is 59.2 Å². The van der Waals surface area contributed by atoms with E-state index in [1.54, 1.807) is 18.3 Å². The van der Waals surface area contributed by atoms with Crippen molar-refractivity contribution < 1.29 is 20.1 Å². The zero-order valence-corrected chi connectivity index (χ0v) is 20.7. The smallest absolute Gasteiger partial charge is 0.108 e. The van der Waals surface area contributed by atoms with E-state index >= 15 is 0 Å². The Kier molecular flexibility index (Phi) is 7.44. The van der Waals surface area contributed by atoms with E-state index in [-0.39, 0.29) is 20.1 Å².